The van der Waals surface area contributed by atoms with Gasteiger partial charge >= 0.3 is 5.97 Å². The number of allylic oxidation sites excluding steroid dienone is 2. The highest BCUT2D eigenvalue weighted by atomic mass is 16.4. The molecular formula is C14H16O2. The maximum Gasteiger partial charge on any atom is 0.307 e. The number of hydrogen-bond donors (Lipinski definition) is 1. The molecular weight excluding hydrogens is 200 g/mol. The molecule has 16 heavy (non-hydrogen) atoms. The molecule has 2 atom stereocenters. The Kier molecular flexibility index (Phi) is 3.09. The summed E-state index contributed by atoms with van der Waals surface area (Å²) in [5.74, 6) is -0.828. The fourth-order valence-corrected chi connectivity index (χ4v) is 2.27. The lowest BCUT2D eigenvalue weighted by molar-refractivity contribution is -0.142. The average molecular weight is 216 g/mol. The van der Waals surface area contributed by atoms with Gasteiger partial charge in [-0.3, -0.25) is 4.79 Å². The molecule has 1 aliphatic rings. The Morgan fingerprint density at radius 1 is 1.19 bits per heavy atom. The van der Waals surface area contributed by atoms with E-state index in [0.717, 1.165) is 12.0 Å². The van der Waals surface area contributed by atoms with Crippen molar-refractivity contribution >= 4 is 5.97 Å². The van der Waals surface area contributed by atoms with Gasteiger partial charge < -0.3 is 5.11 Å². The van der Waals surface area contributed by atoms with Crippen LogP contribution in [0.4, 0.5) is 0 Å². The second-order valence-corrected chi connectivity index (χ2v) is 4.40. The van der Waals surface area contributed by atoms with E-state index in [9.17, 15) is 9.90 Å². The van der Waals surface area contributed by atoms with Crippen molar-refractivity contribution in [3.8, 4) is 0 Å². The minimum atomic E-state index is -0.685. The van der Waals surface area contributed by atoms with Gasteiger partial charge in [0.1, 0.15) is 0 Å². The van der Waals surface area contributed by atoms with Crippen LogP contribution >= 0.6 is 0 Å². The zero-order valence-electron chi connectivity index (χ0n) is 9.39. The number of rotatable bonds is 2. The fourth-order valence-electron chi connectivity index (χ4n) is 2.27. The first-order valence-electron chi connectivity index (χ1n) is 5.63. The third kappa shape index (κ3) is 2.16. The lowest BCUT2D eigenvalue weighted by Gasteiger charge is -2.25. The summed E-state index contributed by atoms with van der Waals surface area (Å²) < 4.78 is 0. The van der Waals surface area contributed by atoms with Crippen molar-refractivity contribution in [2.24, 2.45) is 5.92 Å². The molecule has 1 aromatic carbocycles. The van der Waals surface area contributed by atoms with E-state index in [1.165, 1.54) is 5.56 Å². The zero-order valence-corrected chi connectivity index (χ0v) is 9.39. The lowest BCUT2D eigenvalue weighted by atomic mass is 9.78. The van der Waals surface area contributed by atoms with Gasteiger partial charge in [0, 0.05) is 5.92 Å². The summed E-state index contributed by atoms with van der Waals surface area (Å²) in [4.78, 5) is 11.2. The first-order chi connectivity index (χ1) is 7.68. The number of carbonyl (C=O) groups is 1. The van der Waals surface area contributed by atoms with E-state index in [4.69, 9.17) is 0 Å². The number of carboxylic acid groups (broad SMARTS) is 1. The maximum atomic E-state index is 11.2. The number of carboxylic acids is 1. The number of hydrogen-bond acceptors (Lipinski definition) is 1. The zero-order chi connectivity index (χ0) is 11.5. The number of aryl methyl sites for hydroxylation is 1. The van der Waals surface area contributed by atoms with Gasteiger partial charge in [0.15, 0.2) is 0 Å². The molecule has 0 saturated carbocycles. The van der Waals surface area contributed by atoms with Crippen LogP contribution in [0.2, 0.25) is 0 Å². The molecule has 0 aromatic heterocycles. The molecule has 2 nitrogen and oxygen atoms in total. The monoisotopic (exact) mass is 216 g/mol. The van der Waals surface area contributed by atoms with Crippen molar-refractivity contribution in [2.75, 3.05) is 0 Å². The second kappa shape index (κ2) is 4.52. The van der Waals surface area contributed by atoms with Crippen molar-refractivity contribution in [3.05, 3.63) is 47.5 Å². The molecule has 2 rings (SSSR count). The van der Waals surface area contributed by atoms with Crippen LogP contribution in [-0.4, -0.2) is 11.1 Å². The van der Waals surface area contributed by atoms with Gasteiger partial charge in [0.05, 0.1) is 5.92 Å². The van der Waals surface area contributed by atoms with Crippen LogP contribution in [0.1, 0.15) is 29.9 Å². The highest BCUT2D eigenvalue weighted by Gasteiger charge is 2.29. The summed E-state index contributed by atoms with van der Waals surface area (Å²) in [5, 5.41) is 9.19. The summed E-state index contributed by atoms with van der Waals surface area (Å²) >= 11 is 0. The van der Waals surface area contributed by atoms with Gasteiger partial charge in [-0.2, -0.15) is 0 Å². The number of aliphatic carboxylic acids is 1. The predicted molar refractivity (Wildman–Crippen MR) is 63.4 cm³/mol. The van der Waals surface area contributed by atoms with Crippen molar-refractivity contribution < 1.29 is 9.90 Å². The number of benzene rings is 1. The van der Waals surface area contributed by atoms with Gasteiger partial charge in [-0.05, 0) is 25.3 Å². The highest BCUT2D eigenvalue weighted by Crippen LogP contribution is 2.34. The lowest BCUT2D eigenvalue weighted by Crippen LogP contribution is -2.23. The molecule has 0 bridgehead atoms. The summed E-state index contributed by atoms with van der Waals surface area (Å²) in [5.41, 5.74) is 2.35. The maximum absolute atomic E-state index is 11.2. The molecule has 84 valence electrons. The minimum Gasteiger partial charge on any atom is -0.481 e. The molecule has 0 fully saturated rings. The molecule has 1 aliphatic carbocycles. The van der Waals surface area contributed by atoms with Crippen molar-refractivity contribution in [2.45, 2.75) is 25.7 Å². The third-order valence-corrected chi connectivity index (χ3v) is 3.26. The van der Waals surface area contributed by atoms with Crippen LogP contribution in [0.25, 0.3) is 0 Å². The summed E-state index contributed by atoms with van der Waals surface area (Å²) in [6.07, 6.45) is 5.54. The van der Waals surface area contributed by atoms with Crippen molar-refractivity contribution in [1.29, 1.82) is 0 Å². The summed E-state index contributed by atoms with van der Waals surface area (Å²) in [7, 11) is 0. The van der Waals surface area contributed by atoms with E-state index in [1.54, 1.807) is 0 Å². The molecule has 0 spiro atoms. The SMILES string of the molecule is Cc1ccc([C@H]2CC=CC[C@@H]2C(=O)O)cc1. The van der Waals surface area contributed by atoms with Crippen LogP contribution in [-0.2, 0) is 4.79 Å². The van der Waals surface area contributed by atoms with Crippen molar-refractivity contribution in [3.63, 3.8) is 0 Å². The van der Waals surface area contributed by atoms with Crippen LogP contribution < -0.4 is 0 Å². The molecule has 0 saturated heterocycles. The average Bonchev–Trinajstić information content (AvgIpc) is 2.30. The molecule has 1 aromatic rings. The van der Waals surface area contributed by atoms with Gasteiger partial charge in [-0.25, -0.2) is 0 Å². The van der Waals surface area contributed by atoms with E-state index < -0.39 is 5.97 Å². The Hall–Kier alpha value is -1.57. The molecule has 0 aliphatic heterocycles. The molecule has 2 heteroatoms. The van der Waals surface area contributed by atoms with Crippen LogP contribution in [0.3, 0.4) is 0 Å². The van der Waals surface area contributed by atoms with Crippen LogP contribution in [0.15, 0.2) is 36.4 Å². The molecule has 0 heterocycles. The van der Waals surface area contributed by atoms with Crippen LogP contribution in [0.5, 0.6) is 0 Å². The fraction of sp³-hybridized carbons (Fsp3) is 0.357. The quantitative estimate of drug-likeness (QED) is 0.771. The largest absolute Gasteiger partial charge is 0.481 e. The Morgan fingerprint density at radius 3 is 2.44 bits per heavy atom. The summed E-state index contributed by atoms with van der Waals surface area (Å²) in [6.45, 7) is 2.04. The highest BCUT2D eigenvalue weighted by molar-refractivity contribution is 5.72. The van der Waals surface area contributed by atoms with E-state index in [0.29, 0.717) is 6.42 Å². The standard InChI is InChI=1S/C14H16O2/c1-10-6-8-11(9-7-10)12-4-2-3-5-13(12)14(15)16/h2-3,6-9,12-13H,4-5H2,1H3,(H,15,16)/t12-,13+/m1/s1. The first-order valence-corrected chi connectivity index (χ1v) is 5.63. The van der Waals surface area contributed by atoms with Gasteiger partial charge in [0.2, 0.25) is 0 Å². The van der Waals surface area contributed by atoms with Crippen molar-refractivity contribution in [1.82, 2.24) is 0 Å². The van der Waals surface area contributed by atoms with E-state index in [2.05, 4.69) is 18.2 Å². The second-order valence-electron chi connectivity index (χ2n) is 4.40. The van der Waals surface area contributed by atoms with Gasteiger partial charge in [0.25, 0.3) is 0 Å². The molecule has 0 unspecified atom stereocenters. The Morgan fingerprint density at radius 2 is 1.81 bits per heavy atom. The Labute approximate surface area is 95.6 Å². The Bertz CT molecular complexity index is 403. The molecule has 1 N–H and O–H groups in total. The van der Waals surface area contributed by atoms with Gasteiger partial charge in [-0.15, -0.1) is 0 Å². The van der Waals surface area contributed by atoms with E-state index in [1.807, 2.05) is 25.1 Å². The van der Waals surface area contributed by atoms with E-state index in [-0.39, 0.29) is 11.8 Å². The smallest absolute Gasteiger partial charge is 0.307 e. The normalized spacial score (nSPS) is 24.3. The van der Waals surface area contributed by atoms with Crippen LogP contribution in [0, 0.1) is 12.8 Å². The Balaban J connectivity index is 2.27. The molecule has 0 amide bonds. The third-order valence-electron chi connectivity index (χ3n) is 3.26. The van der Waals surface area contributed by atoms with E-state index >= 15 is 0 Å². The topological polar surface area (TPSA) is 37.3 Å². The minimum absolute atomic E-state index is 0.128. The first kappa shape index (κ1) is 10.9. The summed E-state index contributed by atoms with van der Waals surface area (Å²) in [6, 6.07) is 8.20. The van der Waals surface area contributed by atoms with Gasteiger partial charge in [-0.1, -0.05) is 42.0 Å². The molecule has 0 radical (unpaired) electrons. The predicted octanol–water partition coefficient (Wildman–Crippen LogP) is 3.13.